The Labute approximate surface area is 138 Å². The van der Waals surface area contributed by atoms with E-state index in [4.69, 9.17) is 16.3 Å². The lowest BCUT2D eigenvalue weighted by Crippen LogP contribution is -2.58. The number of carbonyl (C=O) groups excluding carboxylic acids is 1. The van der Waals surface area contributed by atoms with Crippen molar-refractivity contribution >= 4 is 17.5 Å². The summed E-state index contributed by atoms with van der Waals surface area (Å²) in [6, 6.07) is 1.30. The van der Waals surface area contributed by atoms with Crippen molar-refractivity contribution in [1.29, 1.82) is 0 Å². The molecule has 1 amide bonds. The summed E-state index contributed by atoms with van der Waals surface area (Å²) in [5.74, 6) is 0.726. The minimum atomic E-state index is -0.857. The molecule has 2 aliphatic heterocycles. The average Bonchev–Trinajstić information content (AvgIpc) is 2.90. The number of amides is 1. The van der Waals surface area contributed by atoms with E-state index in [1.807, 2.05) is 0 Å². The average molecular weight is 339 g/mol. The number of aromatic nitrogens is 1. The van der Waals surface area contributed by atoms with E-state index >= 15 is 0 Å². The number of rotatable bonds is 3. The van der Waals surface area contributed by atoms with E-state index in [9.17, 15) is 14.7 Å². The van der Waals surface area contributed by atoms with Gasteiger partial charge in [-0.1, -0.05) is 0 Å². The molecule has 1 saturated carbocycles. The van der Waals surface area contributed by atoms with Crippen LogP contribution in [-0.2, 0) is 6.42 Å². The highest BCUT2D eigenvalue weighted by molar-refractivity contribution is 6.18. The lowest BCUT2D eigenvalue weighted by atomic mass is 9.79. The minimum absolute atomic E-state index is 0.0148. The fourth-order valence-corrected chi connectivity index (χ4v) is 4.45. The van der Waals surface area contributed by atoms with Crippen LogP contribution in [0.2, 0.25) is 0 Å². The van der Waals surface area contributed by atoms with Gasteiger partial charge in [-0.15, -0.1) is 11.6 Å². The Balaban J connectivity index is 1.81. The van der Waals surface area contributed by atoms with Gasteiger partial charge in [0.05, 0.1) is 13.2 Å². The molecule has 1 aromatic rings. The Morgan fingerprint density at radius 3 is 2.78 bits per heavy atom. The number of pyridine rings is 1. The van der Waals surface area contributed by atoms with E-state index in [0.29, 0.717) is 18.2 Å². The molecule has 2 atom stereocenters. The van der Waals surface area contributed by atoms with Gasteiger partial charge in [-0.25, -0.2) is 0 Å². The third-order valence-electron chi connectivity index (χ3n) is 5.41. The first kappa shape index (κ1) is 15.0. The number of hydrogen-bond acceptors (Lipinski definition) is 4. The van der Waals surface area contributed by atoms with E-state index in [1.165, 1.54) is 13.2 Å². The first-order chi connectivity index (χ1) is 11.1. The fourth-order valence-electron chi connectivity index (χ4n) is 4.20. The van der Waals surface area contributed by atoms with Crippen molar-refractivity contribution in [2.24, 2.45) is 5.92 Å². The lowest BCUT2D eigenvalue weighted by Gasteiger charge is -2.48. The fraction of sp³-hybridized carbons (Fsp3) is 0.625. The van der Waals surface area contributed by atoms with Crippen LogP contribution < -0.4 is 10.2 Å². The Morgan fingerprint density at radius 2 is 2.13 bits per heavy atom. The molecule has 1 fully saturated rings. The van der Waals surface area contributed by atoms with Gasteiger partial charge in [0.25, 0.3) is 5.91 Å². The largest absolute Gasteiger partial charge is 0.491 e. The molecule has 0 aromatic carbocycles. The molecule has 1 aliphatic carbocycles. The number of alkyl halides is 1. The van der Waals surface area contributed by atoms with E-state index in [0.717, 1.165) is 25.0 Å². The Hall–Kier alpha value is -1.53. The predicted molar refractivity (Wildman–Crippen MR) is 84.0 cm³/mol. The van der Waals surface area contributed by atoms with Gasteiger partial charge < -0.3 is 19.3 Å². The summed E-state index contributed by atoms with van der Waals surface area (Å²) in [7, 11) is 1.40. The topological polar surface area (TPSA) is 71.8 Å². The molecule has 1 N–H and O–H groups in total. The van der Waals surface area contributed by atoms with Gasteiger partial charge in [0, 0.05) is 23.7 Å². The first-order valence-corrected chi connectivity index (χ1v) is 8.49. The van der Waals surface area contributed by atoms with Crippen molar-refractivity contribution in [1.82, 2.24) is 9.47 Å². The van der Waals surface area contributed by atoms with Gasteiger partial charge in [0.2, 0.25) is 5.43 Å². The zero-order chi connectivity index (χ0) is 16.3. The number of nitrogens with zero attached hydrogens (tertiary/aromatic N) is 2. The Kier molecular flexibility index (Phi) is 3.43. The second-order valence-corrected chi connectivity index (χ2v) is 6.94. The number of aliphatic hydroxyl groups is 1. The number of ether oxygens (including phenoxy) is 1. The van der Waals surface area contributed by atoms with Crippen LogP contribution in [0.4, 0.5) is 0 Å². The van der Waals surface area contributed by atoms with Crippen LogP contribution in [0.15, 0.2) is 10.9 Å². The molecule has 3 aliphatic rings. The second-order valence-electron chi connectivity index (χ2n) is 6.63. The summed E-state index contributed by atoms with van der Waals surface area (Å²) in [5.41, 5.74) is 0.818. The van der Waals surface area contributed by atoms with Crippen molar-refractivity contribution in [3.63, 3.8) is 0 Å². The Morgan fingerprint density at radius 1 is 1.39 bits per heavy atom. The predicted octanol–water partition coefficient (Wildman–Crippen LogP) is 1.14. The zero-order valence-corrected chi connectivity index (χ0v) is 13.6. The van der Waals surface area contributed by atoms with Crippen molar-refractivity contribution in [2.45, 2.75) is 44.0 Å². The van der Waals surface area contributed by atoms with Crippen molar-refractivity contribution < 1.29 is 14.6 Å². The van der Waals surface area contributed by atoms with Gasteiger partial charge in [-0.3, -0.25) is 9.59 Å². The summed E-state index contributed by atoms with van der Waals surface area (Å²) in [4.78, 5) is 26.8. The van der Waals surface area contributed by atoms with Crippen LogP contribution in [0.1, 0.15) is 41.5 Å². The molecule has 0 saturated heterocycles. The molecular formula is C16H19ClN2O4. The van der Waals surface area contributed by atoms with Gasteiger partial charge in [0.1, 0.15) is 0 Å². The minimum Gasteiger partial charge on any atom is -0.491 e. The highest BCUT2D eigenvalue weighted by Crippen LogP contribution is 2.43. The number of halogens is 1. The molecule has 1 aromatic heterocycles. The molecule has 0 radical (unpaired) electrons. The molecule has 0 spiro atoms. The molecule has 124 valence electrons. The summed E-state index contributed by atoms with van der Waals surface area (Å²) in [6.45, 7) is 0. The maximum absolute atomic E-state index is 13.0. The van der Waals surface area contributed by atoms with Crippen molar-refractivity contribution in [3.05, 3.63) is 27.7 Å². The van der Waals surface area contributed by atoms with Crippen LogP contribution in [0, 0.1) is 5.92 Å². The SMILES string of the molecule is COc1c2n3c(cc1=O)CCC3C(O)N(C1CC(CCl)C1)C2=O. The number of hydrogen-bond donors (Lipinski definition) is 1. The van der Waals surface area contributed by atoms with E-state index < -0.39 is 6.23 Å². The monoisotopic (exact) mass is 338 g/mol. The van der Waals surface area contributed by atoms with Crippen LogP contribution in [0.5, 0.6) is 5.75 Å². The second kappa shape index (κ2) is 5.24. The van der Waals surface area contributed by atoms with Crippen molar-refractivity contribution in [2.75, 3.05) is 13.0 Å². The smallest absolute Gasteiger partial charge is 0.276 e. The maximum atomic E-state index is 13.0. The van der Waals surface area contributed by atoms with E-state index in [-0.39, 0.29) is 34.9 Å². The lowest BCUT2D eigenvalue weighted by molar-refractivity contribution is -0.0725. The van der Waals surface area contributed by atoms with Crippen molar-refractivity contribution in [3.8, 4) is 5.75 Å². The van der Waals surface area contributed by atoms with Gasteiger partial charge in [0.15, 0.2) is 17.7 Å². The molecule has 6 nitrogen and oxygen atoms in total. The van der Waals surface area contributed by atoms with Crippen LogP contribution in [-0.4, -0.2) is 45.7 Å². The van der Waals surface area contributed by atoms with E-state index in [2.05, 4.69) is 0 Å². The summed E-state index contributed by atoms with van der Waals surface area (Å²) in [6.07, 6.45) is 2.14. The zero-order valence-electron chi connectivity index (χ0n) is 12.9. The summed E-state index contributed by atoms with van der Waals surface area (Å²) >= 11 is 5.86. The number of aliphatic hydroxyl groups excluding tert-OH is 1. The number of carbonyl (C=O) groups is 1. The molecule has 23 heavy (non-hydrogen) atoms. The highest BCUT2D eigenvalue weighted by Gasteiger charge is 2.49. The molecule has 7 heteroatoms. The van der Waals surface area contributed by atoms with Crippen LogP contribution in [0.3, 0.4) is 0 Å². The van der Waals surface area contributed by atoms with Gasteiger partial charge in [-0.2, -0.15) is 0 Å². The molecule has 4 rings (SSSR count). The maximum Gasteiger partial charge on any atom is 0.276 e. The van der Waals surface area contributed by atoms with Gasteiger partial charge in [-0.05, 0) is 31.6 Å². The number of methoxy groups -OCH3 is 1. The van der Waals surface area contributed by atoms with E-state index in [1.54, 1.807) is 9.47 Å². The van der Waals surface area contributed by atoms with Gasteiger partial charge >= 0.3 is 0 Å². The first-order valence-electron chi connectivity index (χ1n) is 7.96. The third-order valence-corrected chi connectivity index (χ3v) is 5.84. The highest BCUT2D eigenvalue weighted by atomic mass is 35.5. The normalized spacial score (nSPS) is 31.8. The number of aryl methyl sites for hydroxylation is 1. The summed E-state index contributed by atoms with van der Waals surface area (Å²) in [5, 5.41) is 10.7. The molecule has 0 bridgehead atoms. The summed E-state index contributed by atoms with van der Waals surface area (Å²) < 4.78 is 7.03. The van der Waals surface area contributed by atoms with Crippen LogP contribution in [0.25, 0.3) is 0 Å². The quantitative estimate of drug-likeness (QED) is 0.839. The Bertz CT molecular complexity index is 726. The van der Waals surface area contributed by atoms with Crippen LogP contribution >= 0.6 is 11.6 Å². The molecular weight excluding hydrogens is 320 g/mol. The third kappa shape index (κ3) is 1.97. The molecule has 2 unspecified atom stereocenters. The standard InChI is InChI=1S/C16H19ClN2O4/c1-23-14-12(20)6-9-2-3-11-15(21)19(10-4-8(5-10)7-17)16(22)13(14)18(9)11/h6,8,10-11,15,21H,2-5,7H2,1H3. The molecule has 3 heterocycles.